The Morgan fingerprint density at radius 2 is 1.78 bits per heavy atom. The molecule has 1 fully saturated rings. The normalized spacial score (nSPS) is 16.0. The third-order valence-corrected chi connectivity index (χ3v) is 6.31. The first-order chi connectivity index (χ1) is 10.8. The van der Waals surface area contributed by atoms with Crippen LogP contribution in [0, 0.1) is 0 Å². The van der Waals surface area contributed by atoms with E-state index in [1.54, 1.807) is 0 Å². The van der Waals surface area contributed by atoms with Gasteiger partial charge in [0.25, 0.3) is 0 Å². The topological polar surface area (TPSA) is 37.4 Å². The van der Waals surface area contributed by atoms with Crippen LogP contribution in [0.2, 0.25) is 0 Å². The minimum atomic E-state index is -4.48. The second-order valence-electron chi connectivity index (χ2n) is 5.44. The highest BCUT2D eigenvalue weighted by molar-refractivity contribution is 7.89. The molecular formula is C15H14F3NO2S2. The van der Waals surface area contributed by atoms with Gasteiger partial charge in [-0.25, -0.2) is 8.42 Å². The Hall–Kier alpha value is -1.38. The number of halogens is 3. The third kappa shape index (κ3) is 3.59. The molecule has 124 valence electrons. The van der Waals surface area contributed by atoms with Crippen LogP contribution in [0.4, 0.5) is 13.2 Å². The standard InChI is InChI=1S/C15H14F3NO2S2/c16-15(17,18)12-1-5-14(6-2-12)23(20,21)19(13-3-4-13)9-11-7-8-22-10-11/h1-2,5-8,10,13H,3-4,9H2. The maximum atomic E-state index is 12.7. The lowest BCUT2D eigenvalue weighted by molar-refractivity contribution is -0.137. The van der Waals surface area contributed by atoms with Gasteiger partial charge in [-0.2, -0.15) is 28.8 Å². The molecule has 1 aliphatic rings. The van der Waals surface area contributed by atoms with Crippen molar-refractivity contribution in [3.05, 3.63) is 52.2 Å². The van der Waals surface area contributed by atoms with E-state index < -0.39 is 21.8 Å². The Balaban J connectivity index is 1.89. The van der Waals surface area contributed by atoms with Gasteiger partial charge in [0.05, 0.1) is 10.5 Å². The van der Waals surface area contributed by atoms with Crippen LogP contribution in [0.3, 0.4) is 0 Å². The summed E-state index contributed by atoms with van der Waals surface area (Å²) in [5, 5.41) is 3.74. The van der Waals surface area contributed by atoms with E-state index in [4.69, 9.17) is 0 Å². The summed E-state index contributed by atoms with van der Waals surface area (Å²) in [4.78, 5) is -0.104. The SMILES string of the molecule is O=S(=O)(c1ccc(C(F)(F)F)cc1)N(Cc1ccsc1)C1CC1. The highest BCUT2D eigenvalue weighted by Crippen LogP contribution is 2.35. The Kier molecular flexibility index (Phi) is 4.24. The maximum Gasteiger partial charge on any atom is 0.416 e. The van der Waals surface area contributed by atoms with Crippen molar-refractivity contribution in [3.8, 4) is 0 Å². The number of thiophene rings is 1. The zero-order valence-electron chi connectivity index (χ0n) is 12.0. The average Bonchev–Trinajstić information content (AvgIpc) is 3.20. The van der Waals surface area contributed by atoms with Crippen molar-refractivity contribution in [2.24, 2.45) is 0 Å². The second-order valence-corrected chi connectivity index (χ2v) is 8.11. The van der Waals surface area contributed by atoms with E-state index in [1.807, 2.05) is 16.8 Å². The van der Waals surface area contributed by atoms with Gasteiger partial charge in [0.2, 0.25) is 10.0 Å². The maximum absolute atomic E-state index is 12.7. The van der Waals surface area contributed by atoms with Crippen LogP contribution >= 0.6 is 11.3 Å². The minimum absolute atomic E-state index is 0.0674. The fourth-order valence-electron chi connectivity index (χ4n) is 2.29. The smallest absolute Gasteiger partial charge is 0.207 e. The number of sulfonamides is 1. The van der Waals surface area contributed by atoms with Crippen LogP contribution in [0.15, 0.2) is 46.0 Å². The molecule has 0 atom stereocenters. The third-order valence-electron chi connectivity index (χ3n) is 3.66. The first-order valence-electron chi connectivity index (χ1n) is 6.98. The van der Waals surface area contributed by atoms with E-state index >= 15 is 0 Å². The van der Waals surface area contributed by atoms with Crippen LogP contribution in [0.25, 0.3) is 0 Å². The molecule has 1 saturated carbocycles. The molecule has 3 nitrogen and oxygen atoms in total. The Morgan fingerprint density at radius 3 is 2.26 bits per heavy atom. The number of benzene rings is 1. The number of alkyl halides is 3. The molecule has 3 rings (SSSR count). The van der Waals surface area contributed by atoms with Gasteiger partial charge >= 0.3 is 6.18 Å². The van der Waals surface area contributed by atoms with Crippen LogP contribution in [-0.4, -0.2) is 18.8 Å². The van der Waals surface area contributed by atoms with Crippen molar-refractivity contribution in [1.82, 2.24) is 4.31 Å². The van der Waals surface area contributed by atoms with Crippen LogP contribution in [0.1, 0.15) is 24.0 Å². The lowest BCUT2D eigenvalue weighted by Gasteiger charge is -2.21. The van der Waals surface area contributed by atoms with Gasteiger partial charge in [0.1, 0.15) is 0 Å². The average molecular weight is 361 g/mol. The van der Waals surface area contributed by atoms with Crippen molar-refractivity contribution in [3.63, 3.8) is 0 Å². The molecule has 0 bridgehead atoms. The fraction of sp³-hybridized carbons (Fsp3) is 0.333. The lowest BCUT2D eigenvalue weighted by atomic mass is 10.2. The molecule has 23 heavy (non-hydrogen) atoms. The predicted molar refractivity (Wildman–Crippen MR) is 81.5 cm³/mol. The van der Waals surface area contributed by atoms with Crippen molar-refractivity contribution in [2.45, 2.75) is 36.5 Å². The van der Waals surface area contributed by atoms with Gasteiger partial charge in [-0.1, -0.05) is 0 Å². The summed E-state index contributed by atoms with van der Waals surface area (Å²) in [5.74, 6) is 0. The van der Waals surface area contributed by atoms with Crippen LogP contribution < -0.4 is 0 Å². The summed E-state index contributed by atoms with van der Waals surface area (Å²) in [6, 6.07) is 5.46. The van der Waals surface area contributed by atoms with Gasteiger partial charge < -0.3 is 0 Å². The molecule has 1 heterocycles. The van der Waals surface area contributed by atoms with Gasteiger partial charge in [0, 0.05) is 12.6 Å². The van der Waals surface area contributed by atoms with Crippen LogP contribution in [0.5, 0.6) is 0 Å². The Bertz CT molecular complexity index is 764. The number of nitrogens with zero attached hydrogens (tertiary/aromatic N) is 1. The summed E-state index contributed by atoms with van der Waals surface area (Å²) >= 11 is 1.48. The molecular weight excluding hydrogens is 347 g/mol. The fourth-order valence-corrected chi connectivity index (χ4v) is 4.62. The molecule has 2 aromatic rings. The first kappa shape index (κ1) is 16.5. The summed E-state index contributed by atoms with van der Waals surface area (Å²) < 4.78 is 64.7. The zero-order chi connectivity index (χ0) is 16.7. The van der Waals surface area contributed by atoms with Crippen molar-refractivity contribution < 1.29 is 21.6 Å². The molecule has 0 spiro atoms. The summed E-state index contributed by atoms with van der Waals surface area (Å²) in [6.45, 7) is 0.248. The molecule has 1 aromatic heterocycles. The molecule has 0 aliphatic heterocycles. The minimum Gasteiger partial charge on any atom is -0.207 e. The van der Waals surface area contributed by atoms with Gasteiger partial charge in [0.15, 0.2) is 0 Å². The van der Waals surface area contributed by atoms with E-state index in [2.05, 4.69) is 0 Å². The van der Waals surface area contributed by atoms with Crippen molar-refractivity contribution >= 4 is 21.4 Å². The molecule has 8 heteroatoms. The monoisotopic (exact) mass is 361 g/mol. The predicted octanol–water partition coefficient (Wildman–Crippen LogP) is 4.12. The Labute approximate surface area is 136 Å². The largest absolute Gasteiger partial charge is 0.416 e. The number of hydrogen-bond acceptors (Lipinski definition) is 3. The van der Waals surface area contributed by atoms with Crippen molar-refractivity contribution in [2.75, 3.05) is 0 Å². The summed E-state index contributed by atoms with van der Waals surface area (Å²) in [6.07, 6.45) is -2.91. The zero-order valence-corrected chi connectivity index (χ0v) is 13.6. The van der Waals surface area contributed by atoms with Crippen molar-refractivity contribution in [1.29, 1.82) is 0 Å². The molecule has 0 saturated heterocycles. The summed E-state index contributed by atoms with van der Waals surface area (Å²) in [7, 11) is -3.81. The van der Waals surface area contributed by atoms with E-state index in [0.29, 0.717) is 0 Å². The van der Waals surface area contributed by atoms with Gasteiger partial charge in [-0.05, 0) is 59.5 Å². The molecule has 1 aromatic carbocycles. The highest BCUT2D eigenvalue weighted by atomic mass is 32.2. The van der Waals surface area contributed by atoms with E-state index in [0.717, 1.165) is 42.7 Å². The van der Waals surface area contributed by atoms with E-state index in [-0.39, 0.29) is 17.5 Å². The van der Waals surface area contributed by atoms with Gasteiger partial charge in [-0.15, -0.1) is 0 Å². The molecule has 0 unspecified atom stereocenters. The molecule has 0 radical (unpaired) electrons. The second kappa shape index (κ2) is 5.92. The molecule has 1 aliphatic carbocycles. The quantitative estimate of drug-likeness (QED) is 0.803. The van der Waals surface area contributed by atoms with E-state index in [1.165, 1.54) is 15.6 Å². The number of hydrogen-bond donors (Lipinski definition) is 0. The van der Waals surface area contributed by atoms with Crippen LogP contribution in [-0.2, 0) is 22.7 Å². The lowest BCUT2D eigenvalue weighted by Crippen LogP contribution is -2.32. The van der Waals surface area contributed by atoms with Gasteiger partial charge in [-0.3, -0.25) is 0 Å². The summed E-state index contributed by atoms with van der Waals surface area (Å²) in [5.41, 5.74) is 0.0321. The van der Waals surface area contributed by atoms with E-state index in [9.17, 15) is 21.6 Å². The molecule has 0 N–H and O–H groups in total. The Morgan fingerprint density at radius 1 is 1.13 bits per heavy atom. The number of rotatable bonds is 5. The highest BCUT2D eigenvalue weighted by Gasteiger charge is 2.38. The first-order valence-corrected chi connectivity index (χ1v) is 9.37. The molecule has 0 amide bonds.